The largest absolute Gasteiger partial charge is 0.347 e. The van der Waals surface area contributed by atoms with Gasteiger partial charge in [-0.3, -0.25) is 9.59 Å². The second-order valence-electron chi connectivity index (χ2n) is 4.64. The molecule has 4 heteroatoms. The van der Waals surface area contributed by atoms with Gasteiger partial charge >= 0.3 is 0 Å². The van der Waals surface area contributed by atoms with Crippen LogP contribution in [-0.4, -0.2) is 47.8 Å². The molecule has 78 valence electrons. The molecule has 1 saturated carbocycles. The third kappa shape index (κ3) is 0.996. The van der Waals surface area contributed by atoms with Gasteiger partial charge < -0.3 is 9.80 Å². The van der Waals surface area contributed by atoms with E-state index in [-0.39, 0.29) is 11.8 Å². The maximum Gasteiger partial charge on any atom is 0.248 e. The van der Waals surface area contributed by atoms with Crippen molar-refractivity contribution in [3.63, 3.8) is 0 Å². The van der Waals surface area contributed by atoms with E-state index in [1.54, 1.807) is 30.8 Å². The molecule has 0 spiro atoms. The molecule has 1 aliphatic carbocycles. The van der Waals surface area contributed by atoms with E-state index in [0.29, 0.717) is 5.92 Å². The van der Waals surface area contributed by atoms with Gasteiger partial charge in [-0.2, -0.15) is 0 Å². The summed E-state index contributed by atoms with van der Waals surface area (Å²) in [5.41, 5.74) is -0.472. The van der Waals surface area contributed by atoms with E-state index >= 15 is 0 Å². The minimum Gasteiger partial charge on any atom is -0.347 e. The molecule has 2 saturated heterocycles. The van der Waals surface area contributed by atoms with Crippen molar-refractivity contribution in [2.75, 3.05) is 20.6 Å². The van der Waals surface area contributed by atoms with Crippen LogP contribution in [0.5, 0.6) is 0 Å². The standard InChI is InChI=1S/C10H16N2O2/c1-7(13)12-6-8-4-10(12,5-8)9(14)11(2)3/h8H,4-6H2,1-3H3. The molecular formula is C10H16N2O2. The van der Waals surface area contributed by atoms with E-state index in [0.717, 1.165) is 19.4 Å². The highest BCUT2D eigenvalue weighted by atomic mass is 16.2. The van der Waals surface area contributed by atoms with Gasteiger partial charge in [-0.1, -0.05) is 0 Å². The number of amides is 2. The first-order valence-corrected chi connectivity index (χ1v) is 4.97. The normalized spacial score (nSPS) is 33.9. The van der Waals surface area contributed by atoms with E-state index in [9.17, 15) is 9.59 Å². The Kier molecular flexibility index (Phi) is 1.84. The first-order valence-electron chi connectivity index (χ1n) is 4.97. The molecule has 2 aliphatic heterocycles. The molecule has 2 bridgehead atoms. The molecule has 0 unspecified atom stereocenters. The highest BCUT2D eigenvalue weighted by Crippen LogP contribution is 2.51. The topological polar surface area (TPSA) is 40.6 Å². The molecule has 2 heterocycles. The van der Waals surface area contributed by atoms with Gasteiger partial charge in [-0.25, -0.2) is 0 Å². The van der Waals surface area contributed by atoms with Gasteiger partial charge in [0.15, 0.2) is 0 Å². The van der Waals surface area contributed by atoms with Crippen LogP contribution in [0.4, 0.5) is 0 Å². The number of likely N-dealkylation sites (N-methyl/N-ethyl adjacent to an activating group) is 1. The zero-order valence-corrected chi connectivity index (χ0v) is 8.91. The average Bonchev–Trinajstić information content (AvgIpc) is 2.55. The summed E-state index contributed by atoms with van der Waals surface area (Å²) in [6.45, 7) is 2.32. The monoisotopic (exact) mass is 196 g/mol. The smallest absolute Gasteiger partial charge is 0.248 e. The Labute approximate surface area is 83.9 Å². The van der Waals surface area contributed by atoms with Crippen LogP contribution in [0.25, 0.3) is 0 Å². The predicted molar refractivity (Wildman–Crippen MR) is 51.5 cm³/mol. The van der Waals surface area contributed by atoms with Crippen LogP contribution < -0.4 is 0 Å². The molecule has 0 N–H and O–H groups in total. The minimum atomic E-state index is -0.472. The van der Waals surface area contributed by atoms with E-state index in [1.807, 2.05) is 0 Å². The molecule has 3 rings (SSSR count). The fourth-order valence-corrected chi connectivity index (χ4v) is 2.81. The Balaban J connectivity index is 2.24. The van der Waals surface area contributed by atoms with Crippen LogP contribution in [0.3, 0.4) is 0 Å². The summed E-state index contributed by atoms with van der Waals surface area (Å²) in [6, 6.07) is 0. The summed E-state index contributed by atoms with van der Waals surface area (Å²) in [7, 11) is 3.50. The number of hydrogen-bond acceptors (Lipinski definition) is 2. The van der Waals surface area contributed by atoms with Gasteiger partial charge in [0.2, 0.25) is 11.8 Å². The third-order valence-electron chi connectivity index (χ3n) is 3.39. The van der Waals surface area contributed by atoms with Crippen molar-refractivity contribution in [3.8, 4) is 0 Å². The van der Waals surface area contributed by atoms with Crippen LogP contribution in [0.2, 0.25) is 0 Å². The number of carbonyl (C=O) groups is 2. The second-order valence-corrected chi connectivity index (χ2v) is 4.64. The molecule has 0 radical (unpaired) electrons. The number of fused-ring (bicyclic) bond motifs is 1. The highest BCUT2D eigenvalue weighted by molar-refractivity contribution is 5.93. The summed E-state index contributed by atoms with van der Waals surface area (Å²) < 4.78 is 0. The first kappa shape index (κ1) is 9.49. The quantitative estimate of drug-likeness (QED) is 0.596. The third-order valence-corrected chi connectivity index (χ3v) is 3.39. The molecule has 0 aromatic heterocycles. The summed E-state index contributed by atoms with van der Waals surface area (Å²) in [4.78, 5) is 26.7. The van der Waals surface area contributed by atoms with Gasteiger partial charge in [0.1, 0.15) is 5.54 Å². The Morgan fingerprint density at radius 1 is 1.36 bits per heavy atom. The Morgan fingerprint density at radius 3 is 2.36 bits per heavy atom. The van der Waals surface area contributed by atoms with E-state index < -0.39 is 5.54 Å². The SMILES string of the molecule is CC(=O)N1CC2CC1(C(=O)N(C)C)C2. The van der Waals surface area contributed by atoms with Crippen molar-refractivity contribution in [2.45, 2.75) is 25.3 Å². The van der Waals surface area contributed by atoms with E-state index in [4.69, 9.17) is 0 Å². The Morgan fingerprint density at radius 2 is 1.93 bits per heavy atom. The van der Waals surface area contributed by atoms with Crippen LogP contribution in [0.1, 0.15) is 19.8 Å². The lowest BCUT2D eigenvalue weighted by Crippen LogP contribution is -2.58. The lowest BCUT2D eigenvalue weighted by molar-refractivity contribution is -0.150. The first-order chi connectivity index (χ1) is 6.47. The molecule has 0 aromatic carbocycles. The summed E-state index contributed by atoms with van der Waals surface area (Å²) in [5.74, 6) is 0.671. The molecule has 0 aromatic rings. The molecule has 4 nitrogen and oxygen atoms in total. The van der Waals surface area contributed by atoms with Crippen molar-refractivity contribution in [1.82, 2.24) is 9.80 Å². The van der Waals surface area contributed by atoms with Gasteiger partial charge in [0.05, 0.1) is 0 Å². The number of nitrogens with zero attached hydrogens (tertiary/aromatic N) is 2. The van der Waals surface area contributed by atoms with Crippen molar-refractivity contribution < 1.29 is 9.59 Å². The van der Waals surface area contributed by atoms with Crippen molar-refractivity contribution in [1.29, 1.82) is 0 Å². The summed E-state index contributed by atoms with van der Waals surface area (Å²) in [6.07, 6.45) is 1.73. The zero-order chi connectivity index (χ0) is 10.5. The zero-order valence-electron chi connectivity index (χ0n) is 8.91. The average molecular weight is 196 g/mol. The van der Waals surface area contributed by atoms with Gasteiger partial charge in [-0.15, -0.1) is 0 Å². The van der Waals surface area contributed by atoms with Gasteiger partial charge in [0, 0.05) is 27.6 Å². The summed E-state index contributed by atoms with van der Waals surface area (Å²) >= 11 is 0. The van der Waals surface area contributed by atoms with E-state index in [2.05, 4.69) is 0 Å². The molecule has 2 amide bonds. The fourth-order valence-electron chi connectivity index (χ4n) is 2.81. The van der Waals surface area contributed by atoms with Crippen LogP contribution in [-0.2, 0) is 9.59 Å². The second kappa shape index (κ2) is 2.72. The fraction of sp³-hybridized carbons (Fsp3) is 0.800. The Hall–Kier alpha value is -1.06. The number of hydrogen-bond donors (Lipinski definition) is 0. The highest BCUT2D eigenvalue weighted by Gasteiger charge is 2.62. The lowest BCUT2D eigenvalue weighted by Gasteiger charge is -2.41. The number of rotatable bonds is 1. The van der Waals surface area contributed by atoms with Gasteiger partial charge in [-0.05, 0) is 18.8 Å². The molecule has 3 fully saturated rings. The van der Waals surface area contributed by atoms with Crippen LogP contribution in [0, 0.1) is 5.92 Å². The maximum absolute atomic E-state index is 12.0. The predicted octanol–water partition coefficient (Wildman–Crippen LogP) is 0.0855. The molecule has 14 heavy (non-hydrogen) atoms. The molecule has 0 atom stereocenters. The number of carbonyl (C=O) groups excluding carboxylic acids is 2. The van der Waals surface area contributed by atoms with Crippen molar-refractivity contribution in [2.24, 2.45) is 5.92 Å². The lowest BCUT2D eigenvalue weighted by atomic mass is 9.72. The van der Waals surface area contributed by atoms with Crippen molar-refractivity contribution >= 4 is 11.8 Å². The van der Waals surface area contributed by atoms with Crippen molar-refractivity contribution in [3.05, 3.63) is 0 Å². The molecular weight excluding hydrogens is 180 g/mol. The van der Waals surface area contributed by atoms with Crippen LogP contribution in [0.15, 0.2) is 0 Å². The van der Waals surface area contributed by atoms with Gasteiger partial charge in [0.25, 0.3) is 0 Å². The van der Waals surface area contributed by atoms with Crippen LogP contribution >= 0.6 is 0 Å². The maximum atomic E-state index is 12.0. The molecule has 3 aliphatic rings. The Bertz CT molecular complexity index is 292. The summed E-state index contributed by atoms with van der Waals surface area (Å²) in [5, 5.41) is 0. The minimum absolute atomic E-state index is 0.0280. The van der Waals surface area contributed by atoms with E-state index in [1.165, 1.54) is 0 Å².